The summed E-state index contributed by atoms with van der Waals surface area (Å²) in [5, 5.41) is 3.12. The second-order valence-electron chi connectivity index (χ2n) is 5.75. The maximum Gasteiger partial charge on any atom is 0.221 e. The zero-order valence-electron chi connectivity index (χ0n) is 9.52. The van der Waals surface area contributed by atoms with Gasteiger partial charge in [-0.1, -0.05) is 19.8 Å². The molecule has 0 bridgehead atoms. The minimum Gasteiger partial charge on any atom is -0.351 e. The van der Waals surface area contributed by atoms with Crippen LogP contribution in [0.4, 0.5) is 0 Å². The van der Waals surface area contributed by atoms with Crippen molar-refractivity contribution in [2.75, 3.05) is 0 Å². The molecule has 1 heterocycles. The quantitative estimate of drug-likeness (QED) is 0.684. The Morgan fingerprint density at radius 2 is 1.79 bits per heavy atom. The Labute approximate surface area is 86.5 Å². The lowest BCUT2D eigenvalue weighted by atomic mass is 9.64. The zero-order chi connectivity index (χ0) is 10.4. The molecule has 0 aromatic carbocycles. The third kappa shape index (κ3) is 1.27. The van der Waals surface area contributed by atoms with Gasteiger partial charge in [-0.2, -0.15) is 0 Å². The smallest absolute Gasteiger partial charge is 0.221 e. The lowest BCUT2D eigenvalue weighted by Crippen LogP contribution is -2.48. The summed E-state index contributed by atoms with van der Waals surface area (Å²) in [5.74, 6) is 0.987. The van der Waals surface area contributed by atoms with Crippen molar-refractivity contribution >= 4 is 5.91 Å². The molecule has 2 aliphatic rings. The van der Waals surface area contributed by atoms with Crippen LogP contribution in [0.5, 0.6) is 0 Å². The molecule has 80 valence electrons. The predicted octanol–water partition coefficient (Wildman–Crippen LogP) is 2.48. The monoisotopic (exact) mass is 195 g/mol. The summed E-state index contributed by atoms with van der Waals surface area (Å²) in [6.45, 7) is 6.65. The summed E-state index contributed by atoms with van der Waals surface area (Å²) >= 11 is 0. The van der Waals surface area contributed by atoms with E-state index in [1.165, 1.54) is 25.7 Å². The normalized spacial score (nSPS) is 37.5. The fourth-order valence-electron chi connectivity index (χ4n) is 3.31. The Kier molecular flexibility index (Phi) is 2.13. The lowest BCUT2D eigenvalue weighted by Gasteiger charge is -2.42. The molecule has 1 N–H and O–H groups in total. The second-order valence-corrected chi connectivity index (χ2v) is 5.75. The first-order chi connectivity index (χ1) is 6.46. The van der Waals surface area contributed by atoms with Gasteiger partial charge in [0.2, 0.25) is 5.91 Å². The van der Waals surface area contributed by atoms with E-state index in [9.17, 15) is 4.79 Å². The average Bonchev–Trinajstić information content (AvgIpc) is 2.58. The third-order valence-electron chi connectivity index (χ3n) is 4.66. The lowest BCUT2D eigenvalue weighted by molar-refractivity contribution is -0.120. The number of hydrogen-bond acceptors (Lipinski definition) is 1. The van der Waals surface area contributed by atoms with Crippen LogP contribution in [0.3, 0.4) is 0 Å². The van der Waals surface area contributed by atoms with Crippen molar-refractivity contribution < 1.29 is 4.79 Å². The van der Waals surface area contributed by atoms with E-state index in [0.717, 1.165) is 12.3 Å². The summed E-state index contributed by atoms with van der Waals surface area (Å²) in [6.07, 6.45) is 6.06. The molecule has 1 atom stereocenters. The molecular weight excluding hydrogens is 174 g/mol. The van der Waals surface area contributed by atoms with Crippen LogP contribution in [0.25, 0.3) is 0 Å². The maximum absolute atomic E-state index is 11.5. The molecule has 1 aliphatic carbocycles. The number of rotatable bonds is 1. The van der Waals surface area contributed by atoms with Crippen molar-refractivity contribution in [1.82, 2.24) is 5.32 Å². The van der Waals surface area contributed by atoms with Gasteiger partial charge in [-0.25, -0.2) is 0 Å². The molecule has 1 amide bonds. The van der Waals surface area contributed by atoms with Gasteiger partial charge in [0.15, 0.2) is 0 Å². The highest BCUT2D eigenvalue weighted by molar-refractivity contribution is 5.80. The van der Waals surface area contributed by atoms with Gasteiger partial charge in [-0.05, 0) is 32.6 Å². The van der Waals surface area contributed by atoms with E-state index in [1.54, 1.807) is 0 Å². The summed E-state index contributed by atoms with van der Waals surface area (Å²) in [7, 11) is 0. The highest BCUT2D eigenvalue weighted by Gasteiger charge is 2.53. The second kappa shape index (κ2) is 2.98. The summed E-state index contributed by atoms with van der Waals surface area (Å²) in [4.78, 5) is 11.5. The molecule has 1 unspecified atom stereocenters. The summed E-state index contributed by atoms with van der Waals surface area (Å²) in [5.41, 5.74) is 0.166. The van der Waals surface area contributed by atoms with Gasteiger partial charge in [-0.15, -0.1) is 0 Å². The zero-order valence-corrected chi connectivity index (χ0v) is 9.52. The van der Waals surface area contributed by atoms with Crippen LogP contribution in [-0.2, 0) is 4.79 Å². The van der Waals surface area contributed by atoms with Crippen molar-refractivity contribution in [2.45, 2.75) is 58.4 Å². The van der Waals surface area contributed by atoms with Crippen molar-refractivity contribution in [3.05, 3.63) is 0 Å². The van der Waals surface area contributed by atoms with E-state index >= 15 is 0 Å². The van der Waals surface area contributed by atoms with E-state index in [4.69, 9.17) is 0 Å². The minimum atomic E-state index is -0.0148. The highest BCUT2D eigenvalue weighted by Crippen LogP contribution is 2.51. The maximum atomic E-state index is 11.5. The van der Waals surface area contributed by atoms with Crippen molar-refractivity contribution in [1.29, 1.82) is 0 Å². The Morgan fingerprint density at radius 3 is 2.21 bits per heavy atom. The van der Waals surface area contributed by atoms with E-state index in [2.05, 4.69) is 26.1 Å². The molecular formula is C12H21NO. The number of carbonyl (C=O) groups excluding carboxylic acids is 1. The number of amides is 1. The van der Waals surface area contributed by atoms with Crippen LogP contribution in [-0.4, -0.2) is 11.4 Å². The van der Waals surface area contributed by atoms with Gasteiger partial charge in [0.05, 0.1) is 0 Å². The average molecular weight is 195 g/mol. The first-order valence-electron chi connectivity index (χ1n) is 5.77. The van der Waals surface area contributed by atoms with Gasteiger partial charge in [0, 0.05) is 17.4 Å². The summed E-state index contributed by atoms with van der Waals surface area (Å²) < 4.78 is 0. The molecule has 1 saturated heterocycles. The Hall–Kier alpha value is -0.530. The Morgan fingerprint density at radius 1 is 1.21 bits per heavy atom. The van der Waals surface area contributed by atoms with E-state index < -0.39 is 0 Å². The van der Waals surface area contributed by atoms with E-state index in [0.29, 0.717) is 0 Å². The molecule has 2 nitrogen and oxygen atoms in total. The SMILES string of the molecule is CC1(C)NC(=O)CC1(C)C1CCCC1. The first-order valence-corrected chi connectivity index (χ1v) is 5.77. The molecule has 0 aromatic heterocycles. The molecule has 14 heavy (non-hydrogen) atoms. The first kappa shape index (κ1) is 10.0. The Bertz CT molecular complexity index is 253. The molecule has 1 aliphatic heterocycles. The van der Waals surface area contributed by atoms with Crippen molar-refractivity contribution in [2.24, 2.45) is 11.3 Å². The molecule has 0 spiro atoms. The van der Waals surface area contributed by atoms with Crippen LogP contribution in [0.2, 0.25) is 0 Å². The molecule has 0 aromatic rings. The van der Waals surface area contributed by atoms with Gasteiger partial charge >= 0.3 is 0 Å². The fraction of sp³-hybridized carbons (Fsp3) is 0.917. The van der Waals surface area contributed by atoms with Crippen molar-refractivity contribution in [3.8, 4) is 0 Å². The molecule has 0 radical (unpaired) electrons. The minimum absolute atomic E-state index is 0.0148. The summed E-state index contributed by atoms with van der Waals surface area (Å²) in [6, 6.07) is 0. The standard InChI is InChI=1S/C12H21NO/c1-11(2)12(3,8-10(14)13-11)9-6-4-5-7-9/h9H,4-8H2,1-3H3,(H,13,14). The molecule has 2 heteroatoms. The number of hydrogen-bond donors (Lipinski definition) is 1. The molecule has 2 fully saturated rings. The fourth-order valence-corrected chi connectivity index (χ4v) is 3.31. The van der Waals surface area contributed by atoms with Crippen molar-refractivity contribution in [3.63, 3.8) is 0 Å². The van der Waals surface area contributed by atoms with Crippen LogP contribution in [0, 0.1) is 11.3 Å². The van der Waals surface area contributed by atoms with Gasteiger partial charge in [0.25, 0.3) is 0 Å². The van der Waals surface area contributed by atoms with Gasteiger partial charge in [0.1, 0.15) is 0 Å². The van der Waals surface area contributed by atoms with Crippen LogP contribution < -0.4 is 5.32 Å². The number of carbonyl (C=O) groups is 1. The third-order valence-corrected chi connectivity index (χ3v) is 4.66. The molecule has 2 rings (SSSR count). The largest absolute Gasteiger partial charge is 0.351 e. The van der Waals surface area contributed by atoms with E-state index in [-0.39, 0.29) is 16.9 Å². The van der Waals surface area contributed by atoms with Gasteiger partial charge in [-0.3, -0.25) is 4.79 Å². The van der Waals surface area contributed by atoms with Crippen LogP contribution in [0.15, 0.2) is 0 Å². The topological polar surface area (TPSA) is 29.1 Å². The highest BCUT2D eigenvalue weighted by atomic mass is 16.2. The van der Waals surface area contributed by atoms with Crippen LogP contribution in [0.1, 0.15) is 52.9 Å². The van der Waals surface area contributed by atoms with Gasteiger partial charge < -0.3 is 5.32 Å². The number of nitrogens with one attached hydrogen (secondary N) is 1. The molecule has 1 saturated carbocycles. The van der Waals surface area contributed by atoms with Crippen LogP contribution >= 0.6 is 0 Å². The predicted molar refractivity (Wildman–Crippen MR) is 56.9 cm³/mol. The Balaban J connectivity index is 2.24. The van der Waals surface area contributed by atoms with E-state index in [1.807, 2.05) is 0 Å².